The number of methoxy groups -OCH3 is 1. The van der Waals surface area contributed by atoms with E-state index in [0.29, 0.717) is 12.5 Å². The minimum atomic E-state index is -0.110. The summed E-state index contributed by atoms with van der Waals surface area (Å²) in [6.07, 6.45) is 4.67. The highest BCUT2D eigenvalue weighted by atomic mass is 16.5. The van der Waals surface area contributed by atoms with Crippen LogP contribution in [0, 0.1) is 5.92 Å². The number of quaternary nitrogens is 1. The molecule has 6 heteroatoms. The van der Waals surface area contributed by atoms with E-state index in [9.17, 15) is 9.59 Å². The van der Waals surface area contributed by atoms with E-state index in [0.717, 1.165) is 22.8 Å². The minimum Gasteiger partial charge on any atom is -0.497 e. The van der Waals surface area contributed by atoms with Crippen LogP contribution < -0.4 is 20.3 Å². The first-order chi connectivity index (χ1) is 12.0. The Morgan fingerprint density at radius 3 is 2.40 bits per heavy atom. The largest absolute Gasteiger partial charge is 0.497 e. The minimum absolute atomic E-state index is 0.0218. The van der Waals surface area contributed by atoms with Gasteiger partial charge in [-0.2, -0.15) is 0 Å². The fraction of sp³-hybridized carbons (Fsp3) is 0.579. The molecular weight excluding hydrogens is 318 g/mol. The highest BCUT2D eigenvalue weighted by molar-refractivity contribution is 5.91. The number of likely N-dealkylation sites (N-methyl/N-ethyl adjacent to an activating group) is 1. The molecular formula is C19H30N3O3+. The smallest absolute Gasteiger partial charge is 0.279 e. The Hall–Kier alpha value is -2.08. The Kier molecular flexibility index (Phi) is 7.25. The summed E-state index contributed by atoms with van der Waals surface area (Å²) >= 11 is 0. The summed E-state index contributed by atoms with van der Waals surface area (Å²) in [6.45, 7) is 2.75. The Bertz CT molecular complexity index is 574. The van der Waals surface area contributed by atoms with Gasteiger partial charge in [-0.25, -0.2) is 0 Å². The zero-order valence-corrected chi connectivity index (χ0v) is 15.4. The monoisotopic (exact) mass is 348 g/mol. The maximum absolute atomic E-state index is 12.2. The molecule has 2 amide bonds. The van der Waals surface area contributed by atoms with E-state index in [1.54, 1.807) is 31.4 Å². The number of ether oxygens (including phenoxy) is 1. The van der Waals surface area contributed by atoms with Gasteiger partial charge in [0.2, 0.25) is 0 Å². The van der Waals surface area contributed by atoms with Crippen molar-refractivity contribution in [1.82, 2.24) is 5.32 Å². The van der Waals surface area contributed by atoms with Gasteiger partial charge in [0.1, 0.15) is 5.75 Å². The van der Waals surface area contributed by atoms with Crippen molar-refractivity contribution >= 4 is 17.5 Å². The van der Waals surface area contributed by atoms with E-state index < -0.39 is 0 Å². The van der Waals surface area contributed by atoms with Crippen LogP contribution in [-0.4, -0.2) is 45.1 Å². The van der Waals surface area contributed by atoms with Gasteiger partial charge in [0.05, 0.1) is 14.2 Å². The average Bonchev–Trinajstić information content (AvgIpc) is 2.57. The van der Waals surface area contributed by atoms with Crippen molar-refractivity contribution in [2.45, 2.75) is 38.6 Å². The van der Waals surface area contributed by atoms with Crippen LogP contribution in [0.3, 0.4) is 0 Å². The molecule has 1 unspecified atom stereocenters. The van der Waals surface area contributed by atoms with Crippen molar-refractivity contribution in [2.75, 3.05) is 32.6 Å². The van der Waals surface area contributed by atoms with E-state index in [1.165, 1.54) is 19.3 Å². The number of carbonyl (C=O) groups excluding carboxylic acids is 2. The third-order valence-electron chi connectivity index (χ3n) is 4.76. The van der Waals surface area contributed by atoms with Gasteiger partial charge < -0.3 is 20.3 Å². The number of carbonyl (C=O) groups is 2. The van der Waals surface area contributed by atoms with Crippen molar-refractivity contribution < 1.29 is 19.2 Å². The maximum atomic E-state index is 12.2. The van der Waals surface area contributed by atoms with Gasteiger partial charge in [0.25, 0.3) is 11.8 Å². The molecule has 1 fully saturated rings. The van der Waals surface area contributed by atoms with Crippen molar-refractivity contribution in [3.63, 3.8) is 0 Å². The molecule has 0 aromatic heterocycles. The van der Waals surface area contributed by atoms with Crippen molar-refractivity contribution in [2.24, 2.45) is 5.92 Å². The van der Waals surface area contributed by atoms with Crippen LogP contribution in [0.4, 0.5) is 5.69 Å². The number of hydrogen-bond donors (Lipinski definition) is 3. The topological polar surface area (TPSA) is 71.9 Å². The van der Waals surface area contributed by atoms with Crippen LogP contribution in [0.15, 0.2) is 24.3 Å². The average molecular weight is 348 g/mol. The zero-order chi connectivity index (χ0) is 18.2. The number of anilines is 1. The van der Waals surface area contributed by atoms with Gasteiger partial charge in [-0.1, -0.05) is 19.8 Å². The molecule has 1 aromatic rings. The van der Waals surface area contributed by atoms with Crippen LogP contribution in [-0.2, 0) is 9.59 Å². The Morgan fingerprint density at radius 1 is 1.12 bits per heavy atom. The first-order valence-corrected chi connectivity index (χ1v) is 9.02. The summed E-state index contributed by atoms with van der Waals surface area (Å²) in [7, 11) is 3.46. The van der Waals surface area contributed by atoms with E-state index >= 15 is 0 Å². The summed E-state index contributed by atoms with van der Waals surface area (Å²) in [5.74, 6) is 1.20. The number of nitrogens with one attached hydrogen (secondary N) is 3. The van der Waals surface area contributed by atoms with E-state index in [4.69, 9.17) is 4.74 Å². The second-order valence-electron chi connectivity index (χ2n) is 7.02. The molecule has 3 N–H and O–H groups in total. The van der Waals surface area contributed by atoms with Gasteiger partial charge in [0.15, 0.2) is 13.1 Å². The molecule has 0 saturated heterocycles. The standard InChI is InChI=1S/C19H29N3O3/c1-14-6-4-5-7-17(14)21-19(24)13-22(2)12-18(23)20-15-8-10-16(25-3)11-9-15/h8-11,14,17H,4-7,12-13H2,1-3H3,(H,20,23)(H,21,24)/p+1/t14-,17-/m0/s1. The molecule has 2 rings (SSSR count). The molecule has 1 aromatic carbocycles. The highest BCUT2D eigenvalue weighted by Gasteiger charge is 2.24. The molecule has 1 aliphatic rings. The third-order valence-corrected chi connectivity index (χ3v) is 4.76. The van der Waals surface area contributed by atoms with Crippen LogP contribution in [0.2, 0.25) is 0 Å². The van der Waals surface area contributed by atoms with Gasteiger partial charge in [-0.15, -0.1) is 0 Å². The first-order valence-electron chi connectivity index (χ1n) is 9.02. The number of amides is 2. The van der Waals surface area contributed by atoms with Crippen molar-refractivity contribution in [3.8, 4) is 5.75 Å². The Balaban J connectivity index is 1.73. The maximum Gasteiger partial charge on any atom is 0.279 e. The predicted octanol–water partition coefficient (Wildman–Crippen LogP) is 0.843. The number of rotatable bonds is 7. The first kappa shape index (κ1) is 19.2. The summed E-state index contributed by atoms with van der Waals surface area (Å²) in [6, 6.07) is 7.46. The predicted molar refractivity (Wildman–Crippen MR) is 97.8 cm³/mol. The molecule has 138 valence electrons. The Morgan fingerprint density at radius 2 is 1.76 bits per heavy atom. The molecule has 25 heavy (non-hydrogen) atoms. The van der Waals surface area contributed by atoms with E-state index in [2.05, 4.69) is 17.6 Å². The van der Waals surface area contributed by atoms with Gasteiger partial charge in [0, 0.05) is 11.7 Å². The molecule has 3 atom stereocenters. The SMILES string of the molecule is COc1ccc(NC(=O)C[NH+](C)CC(=O)N[C@H]2CCCC[C@@H]2C)cc1. The van der Waals surface area contributed by atoms with Gasteiger partial charge in [-0.05, 0) is 43.0 Å². The lowest BCUT2D eigenvalue weighted by Gasteiger charge is -2.29. The molecule has 0 spiro atoms. The van der Waals surface area contributed by atoms with Crippen molar-refractivity contribution in [3.05, 3.63) is 24.3 Å². The lowest BCUT2D eigenvalue weighted by molar-refractivity contribution is -0.862. The second-order valence-corrected chi connectivity index (χ2v) is 7.02. The normalized spacial score (nSPS) is 21.2. The molecule has 0 bridgehead atoms. The summed E-state index contributed by atoms with van der Waals surface area (Å²) in [5.41, 5.74) is 0.721. The van der Waals surface area contributed by atoms with E-state index in [-0.39, 0.29) is 24.4 Å². The third kappa shape index (κ3) is 6.38. The van der Waals surface area contributed by atoms with E-state index in [1.807, 2.05) is 7.05 Å². The van der Waals surface area contributed by atoms with Gasteiger partial charge >= 0.3 is 0 Å². The zero-order valence-electron chi connectivity index (χ0n) is 15.4. The fourth-order valence-corrected chi connectivity index (χ4v) is 3.28. The number of hydrogen-bond acceptors (Lipinski definition) is 3. The van der Waals surface area contributed by atoms with Gasteiger partial charge in [-0.3, -0.25) is 9.59 Å². The molecule has 0 radical (unpaired) electrons. The molecule has 1 saturated carbocycles. The Labute approximate surface area is 149 Å². The molecule has 1 aliphatic carbocycles. The fourth-order valence-electron chi connectivity index (χ4n) is 3.28. The lowest BCUT2D eigenvalue weighted by atomic mass is 9.86. The lowest BCUT2D eigenvalue weighted by Crippen LogP contribution is -3.11. The molecule has 6 nitrogen and oxygen atoms in total. The highest BCUT2D eigenvalue weighted by Crippen LogP contribution is 2.23. The summed E-state index contributed by atoms with van der Waals surface area (Å²) < 4.78 is 5.09. The number of benzene rings is 1. The van der Waals surface area contributed by atoms with Crippen LogP contribution in [0.1, 0.15) is 32.6 Å². The molecule has 0 aliphatic heterocycles. The van der Waals surface area contributed by atoms with Crippen LogP contribution in [0.5, 0.6) is 5.75 Å². The van der Waals surface area contributed by atoms with Crippen LogP contribution >= 0.6 is 0 Å². The summed E-state index contributed by atoms with van der Waals surface area (Å²) in [5, 5.41) is 5.97. The quantitative estimate of drug-likeness (QED) is 0.684. The van der Waals surface area contributed by atoms with Crippen LogP contribution in [0.25, 0.3) is 0 Å². The van der Waals surface area contributed by atoms with Crippen molar-refractivity contribution in [1.29, 1.82) is 0 Å². The summed E-state index contributed by atoms with van der Waals surface area (Å²) in [4.78, 5) is 25.2. The second kappa shape index (κ2) is 9.42. The molecule has 0 heterocycles.